The van der Waals surface area contributed by atoms with Gasteiger partial charge in [0.1, 0.15) is 0 Å². The van der Waals surface area contributed by atoms with E-state index in [-0.39, 0.29) is 11.6 Å². The van der Waals surface area contributed by atoms with Gasteiger partial charge in [0.25, 0.3) is 5.56 Å². The van der Waals surface area contributed by atoms with Crippen LogP contribution in [-0.4, -0.2) is 17.6 Å². The lowest BCUT2D eigenvalue weighted by atomic mass is 9.83. The second-order valence-corrected chi connectivity index (χ2v) is 10.2. The van der Waals surface area contributed by atoms with Crippen molar-refractivity contribution in [2.24, 2.45) is 4.99 Å². The SMILES string of the molecule is COC(=O)c1ccc(C=c2sc3n(c2=O)C(c2ccccc2Cl)C2=C(N=3)c3ccccc3CC2)cc1. The van der Waals surface area contributed by atoms with E-state index in [1.54, 1.807) is 28.8 Å². The first-order valence-electron chi connectivity index (χ1n) is 11.6. The van der Waals surface area contributed by atoms with Crippen LogP contribution in [0.4, 0.5) is 0 Å². The molecule has 0 fully saturated rings. The van der Waals surface area contributed by atoms with E-state index in [1.165, 1.54) is 24.0 Å². The summed E-state index contributed by atoms with van der Waals surface area (Å²) in [5.41, 5.74) is 6.51. The predicted molar refractivity (Wildman–Crippen MR) is 142 cm³/mol. The zero-order valence-corrected chi connectivity index (χ0v) is 21.0. The Labute approximate surface area is 216 Å². The number of carbonyl (C=O) groups excluding carboxylic acids is 1. The van der Waals surface area contributed by atoms with E-state index in [2.05, 4.69) is 18.2 Å². The molecule has 0 spiro atoms. The fourth-order valence-corrected chi connectivity index (χ4v) is 6.22. The van der Waals surface area contributed by atoms with Crippen molar-refractivity contribution in [1.29, 1.82) is 0 Å². The number of benzene rings is 3. The molecule has 0 saturated carbocycles. The number of aryl methyl sites for hydroxylation is 1. The Hall–Kier alpha value is -3.74. The van der Waals surface area contributed by atoms with Gasteiger partial charge >= 0.3 is 5.97 Å². The number of hydrogen-bond donors (Lipinski definition) is 0. The van der Waals surface area contributed by atoms with Gasteiger partial charge in [-0.1, -0.05) is 77.5 Å². The molecule has 1 aromatic heterocycles. The monoisotopic (exact) mass is 512 g/mol. The molecule has 2 heterocycles. The minimum Gasteiger partial charge on any atom is -0.465 e. The Kier molecular flexibility index (Phi) is 5.70. The maximum Gasteiger partial charge on any atom is 0.337 e. The number of rotatable bonds is 3. The number of allylic oxidation sites excluding steroid dienone is 1. The molecule has 1 aliphatic carbocycles. The molecule has 2 aliphatic rings. The smallest absolute Gasteiger partial charge is 0.337 e. The van der Waals surface area contributed by atoms with Crippen molar-refractivity contribution in [3.63, 3.8) is 0 Å². The molecule has 6 rings (SSSR count). The van der Waals surface area contributed by atoms with Gasteiger partial charge in [0.15, 0.2) is 4.80 Å². The minimum absolute atomic E-state index is 0.105. The fraction of sp³-hybridized carbons (Fsp3) is 0.138. The van der Waals surface area contributed by atoms with Gasteiger partial charge in [-0.3, -0.25) is 9.36 Å². The van der Waals surface area contributed by atoms with Crippen LogP contribution in [0.2, 0.25) is 5.02 Å². The summed E-state index contributed by atoms with van der Waals surface area (Å²) in [7, 11) is 1.35. The number of hydrogen-bond acceptors (Lipinski definition) is 5. The predicted octanol–water partition coefficient (Wildman–Crippen LogP) is 4.76. The highest BCUT2D eigenvalue weighted by Crippen LogP contribution is 2.42. The summed E-state index contributed by atoms with van der Waals surface area (Å²) in [6.07, 6.45) is 3.54. The number of esters is 1. The van der Waals surface area contributed by atoms with E-state index in [0.29, 0.717) is 19.9 Å². The molecule has 5 nitrogen and oxygen atoms in total. The minimum atomic E-state index is -0.397. The molecule has 1 atom stereocenters. The van der Waals surface area contributed by atoms with Crippen molar-refractivity contribution in [2.75, 3.05) is 7.11 Å². The van der Waals surface area contributed by atoms with Crippen LogP contribution in [0.3, 0.4) is 0 Å². The van der Waals surface area contributed by atoms with E-state index in [9.17, 15) is 9.59 Å². The molecule has 0 amide bonds. The second kappa shape index (κ2) is 9.04. The molecule has 7 heteroatoms. The van der Waals surface area contributed by atoms with Gasteiger partial charge in [0.2, 0.25) is 0 Å². The molecule has 1 unspecified atom stereocenters. The molecule has 36 heavy (non-hydrogen) atoms. The van der Waals surface area contributed by atoms with Crippen molar-refractivity contribution < 1.29 is 9.53 Å². The zero-order valence-electron chi connectivity index (χ0n) is 19.4. The zero-order chi connectivity index (χ0) is 24.8. The molecular formula is C29H21ClN2O3S. The van der Waals surface area contributed by atoms with Gasteiger partial charge in [-0.15, -0.1) is 0 Å². The summed E-state index contributed by atoms with van der Waals surface area (Å²) in [4.78, 5) is 31.2. The van der Waals surface area contributed by atoms with Crippen molar-refractivity contribution >= 4 is 40.7 Å². The van der Waals surface area contributed by atoms with Crippen LogP contribution < -0.4 is 14.9 Å². The highest BCUT2D eigenvalue weighted by atomic mass is 35.5. The standard InChI is InChI=1S/C29H21ClN2O3S/c1-35-28(34)19-12-10-17(11-13-19)16-24-27(33)32-26(21-8-4-5-9-23(21)30)22-15-14-18-6-2-3-7-20(18)25(22)31-29(32)36-24/h2-13,16,26H,14-15H2,1H3. The van der Waals surface area contributed by atoms with Crippen LogP contribution in [0.5, 0.6) is 0 Å². The fourth-order valence-electron chi connectivity index (χ4n) is 4.98. The topological polar surface area (TPSA) is 60.7 Å². The third-order valence-electron chi connectivity index (χ3n) is 6.70. The van der Waals surface area contributed by atoms with E-state index < -0.39 is 5.97 Å². The first-order chi connectivity index (χ1) is 17.5. The summed E-state index contributed by atoms with van der Waals surface area (Å²) in [5.74, 6) is -0.397. The van der Waals surface area contributed by atoms with Gasteiger partial charge in [-0.05, 0) is 59.4 Å². The number of methoxy groups -OCH3 is 1. The first kappa shape index (κ1) is 22.7. The van der Waals surface area contributed by atoms with E-state index in [1.807, 2.05) is 36.4 Å². The average molecular weight is 513 g/mol. The number of nitrogens with zero attached hydrogens (tertiary/aromatic N) is 2. The molecule has 0 bridgehead atoms. The molecular weight excluding hydrogens is 492 g/mol. The molecule has 4 aromatic rings. The molecule has 178 valence electrons. The Bertz CT molecular complexity index is 1730. The Morgan fingerprint density at radius 1 is 1.06 bits per heavy atom. The number of fused-ring (bicyclic) bond motifs is 3. The van der Waals surface area contributed by atoms with Crippen molar-refractivity contribution in [2.45, 2.75) is 18.9 Å². The number of thiazole rings is 1. The molecule has 0 N–H and O–H groups in total. The lowest BCUT2D eigenvalue weighted by Crippen LogP contribution is -2.38. The van der Waals surface area contributed by atoms with Crippen LogP contribution in [0.25, 0.3) is 11.8 Å². The summed E-state index contributed by atoms with van der Waals surface area (Å²) in [6.45, 7) is 0. The van der Waals surface area contributed by atoms with Gasteiger partial charge in [0, 0.05) is 10.6 Å². The molecule has 1 aliphatic heterocycles. The third kappa shape index (κ3) is 3.74. The number of halogens is 1. The van der Waals surface area contributed by atoms with Crippen LogP contribution in [0.1, 0.15) is 45.1 Å². The second-order valence-electron chi connectivity index (χ2n) is 8.75. The van der Waals surface area contributed by atoms with Crippen LogP contribution in [0.15, 0.2) is 88.2 Å². The quantitative estimate of drug-likeness (QED) is 0.372. The first-order valence-corrected chi connectivity index (χ1v) is 12.8. The molecule has 0 saturated heterocycles. The maximum atomic E-state index is 13.8. The maximum absolute atomic E-state index is 13.8. The van der Waals surface area contributed by atoms with Crippen molar-refractivity contribution in [1.82, 2.24) is 4.57 Å². The Morgan fingerprint density at radius 3 is 2.58 bits per heavy atom. The highest BCUT2D eigenvalue weighted by molar-refractivity contribution is 7.07. The lowest BCUT2D eigenvalue weighted by Gasteiger charge is -2.31. The van der Waals surface area contributed by atoms with Crippen LogP contribution >= 0.6 is 22.9 Å². The highest BCUT2D eigenvalue weighted by Gasteiger charge is 2.33. The van der Waals surface area contributed by atoms with E-state index in [4.69, 9.17) is 21.3 Å². The molecule has 0 radical (unpaired) electrons. The summed E-state index contributed by atoms with van der Waals surface area (Å²) in [5, 5.41) is 0.628. The van der Waals surface area contributed by atoms with Gasteiger partial charge in [0.05, 0.1) is 28.9 Å². The van der Waals surface area contributed by atoms with Crippen molar-refractivity contribution in [3.8, 4) is 0 Å². The number of carbonyl (C=O) groups is 1. The largest absolute Gasteiger partial charge is 0.465 e. The van der Waals surface area contributed by atoms with E-state index in [0.717, 1.165) is 40.8 Å². The van der Waals surface area contributed by atoms with E-state index >= 15 is 0 Å². The van der Waals surface area contributed by atoms with Gasteiger partial charge in [-0.25, -0.2) is 9.79 Å². The molecule has 3 aromatic carbocycles. The normalized spacial score (nSPS) is 16.6. The van der Waals surface area contributed by atoms with Gasteiger partial charge < -0.3 is 4.74 Å². The van der Waals surface area contributed by atoms with Crippen LogP contribution in [0, 0.1) is 0 Å². The lowest BCUT2D eigenvalue weighted by molar-refractivity contribution is 0.0600. The van der Waals surface area contributed by atoms with Gasteiger partial charge in [-0.2, -0.15) is 0 Å². The summed E-state index contributed by atoms with van der Waals surface area (Å²) >= 11 is 8.05. The summed E-state index contributed by atoms with van der Waals surface area (Å²) in [6, 6.07) is 22.7. The Balaban J connectivity index is 1.56. The average Bonchev–Trinajstić information content (AvgIpc) is 3.22. The number of aromatic nitrogens is 1. The number of ether oxygens (including phenoxy) is 1. The summed E-state index contributed by atoms with van der Waals surface area (Å²) < 4.78 is 7.13. The Morgan fingerprint density at radius 2 is 1.81 bits per heavy atom. The third-order valence-corrected chi connectivity index (χ3v) is 8.03. The van der Waals surface area contributed by atoms with Crippen molar-refractivity contribution in [3.05, 3.63) is 131 Å². The van der Waals surface area contributed by atoms with Crippen LogP contribution in [-0.2, 0) is 11.2 Å².